The van der Waals surface area contributed by atoms with Gasteiger partial charge in [-0.25, -0.2) is 0 Å². The van der Waals surface area contributed by atoms with Crippen molar-refractivity contribution >= 4 is 22.7 Å². The highest BCUT2D eigenvalue weighted by Gasteiger charge is 2.30. The van der Waals surface area contributed by atoms with Crippen molar-refractivity contribution in [2.75, 3.05) is 26.2 Å². The summed E-state index contributed by atoms with van der Waals surface area (Å²) < 4.78 is 2.15. The first-order valence-electron chi connectivity index (χ1n) is 9.98. The van der Waals surface area contributed by atoms with Gasteiger partial charge >= 0.3 is 0 Å². The van der Waals surface area contributed by atoms with E-state index in [1.165, 1.54) is 10.9 Å². The number of fused-ring (bicyclic) bond motifs is 1. The largest absolute Gasteiger partial charge is 0.352 e. The van der Waals surface area contributed by atoms with Gasteiger partial charge in [0.15, 0.2) is 0 Å². The summed E-state index contributed by atoms with van der Waals surface area (Å²) in [6, 6.07) is 10.6. The summed E-state index contributed by atoms with van der Waals surface area (Å²) in [5.74, 6) is 0.319. The minimum atomic E-state index is -0.117. The predicted octanol–water partition coefficient (Wildman–Crippen LogP) is 1.84. The van der Waals surface area contributed by atoms with E-state index in [4.69, 9.17) is 0 Å². The molecule has 0 spiro atoms. The molecule has 1 atom stereocenters. The summed E-state index contributed by atoms with van der Waals surface area (Å²) in [5, 5.41) is 4.28. The van der Waals surface area contributed by atoms with Gasteiger partial charge in [-0.3, -0.25) is 14.5 Å². The Bertz CT molecular complexity index is 818. The number of aryl methyl sites for hydroxylation is 1. The van der Waals surface area contributed by atoms with E-state index in [1.54, 1.807) is 0 Å². The maximum absolute atomic E-state index is 12.6. The zero-order valence-corrected chi connectivity index (χ0v) is 15.9. The zero-order valence-electron chi connectivity index (χ0n) is 15.9. The van der Waals surface area contributed by atoms with Crippen LogP contribution in [0, 0.1) is 0 Å². The smallest absolute Gasteiger partial charge is 0.237 e. The van der Waals surface area contributed by atoms with Crippen LogP contribution in [0.4, 0.5) is 0 Å². The molecule has 6 nitrogen and oxygen atoms in total. The molecule has 0 radical (unpaired) electrons. The Morgan fingerprint density at radius 2 is 1.85 bits per heavy atom. The summed E-state index contributed by atoms with van der Waals surface area (Å²) in [5.41, 5.74) is 1.17. The fourth-order valence-electron chi connectivity index (χ4n) is 3.78. The van der Waals surface area contributed by atoms with E-state index in [9.17, 15) is 9.59 Å². The van der Waals surface area contributed by atoms with E-state index in [2.05, 4.69) is 39.2 Å². The van der Waals surface area contributed by atoms with Gasteiger partial charge in [-0.05, 0) is 37.3 Å². The van der Waals surface area contributed by atoms with Crippen molar-refractivity contribution in [3.05, 3.63) is 36.5 Å². The fourth-order valence-corrected chi connectivity index (χ4v) is 3.78. The molecule has 1 saturated heterocycles. The van der Waals surface area contributed by atoms with Gasteiger partial charge in [-0.1, -0.05) is 18.2 Å². The first-order chi connectivity index (χ1) is 13.1. The molecule has 2 aliphatic rings. The van der Waals surface area contributed by atoms with Crippen LogP contribution in [0.2, 0.25) is 0 Å². The highest BCUT2D eigenvalue weighted by atomic mass is 16.2. The maximum Gasteiger partial charge on any atom is 0.237 e. The number of aromatic nitrogens is 1. The second-order valence-electron chi connectivity index (χ2n) is 7.69. The monoisotopic (exact) mass is 368 g/mol. The molecule has 1 saturated carbocycles. The highest BCUT2D eigenvalue weighted by molar-refractivity contribution is 5.82. The summed E-state index contributed by atoms with van der Waals surface area (Å²) in [6.45, 7) is 5.59. The Morgan fingerprint density at radius 1 is 1.11 bits per heavy atom. The van der Waals surface area contributed by atoms with Crippen LogP contribution < -0.4 is 5.32 Å². The predicted molar refractivity (Wildman–Crippen MR) is 105 cm³/mol. The Hall–Kier alpha value is -2.34. The number of carbonyl (C=O) groups excluding carboxylic acids is 2. The zero-order chi connectivity index (χ0) is 18.8. The Kier molecular flexibility index (Phi) is 5.16. The van der Waals surface area contributed by atoms with Gasteiger partial charge in [0.1, 0.15) is 0 Å². The summed E-state index contributed by atoms with van der Waals surface area (Å²) >= 11 is 0. The molecule has 2 amide bonds. The molecule has 1 aliphatic carbocycles. The van der Waals surface area contributed by atoms with Crippen molar-refractivity contribution in [1.29, 1.82) is 0 Å². The van der Waals surface area contributed by atoms with Crippen molar-refractivity contribution < 1.29 is 9.59 Å². The third-order valence-corrected chi connectivity index (χ3v) is 5.76. The molecule has 1 N–H and O–H groups in total. The van der Waals surface area contributed by atoms with Gasteiger partial charge in [-0.15, -0.1) is 0 Å². The number of nitrogens with one attached hydrogen (secondary N) is 1. The van der Waals surface area contributed by atoms with Crippen molar-refractivity contribution in [2.24, 2.45) is 0 Å². The number of para-hydroxylation sites is 1. The van der Waals surface area contributed by atoms with Gasteiger partial charge in [0, 0.05) is 56.9 Å². The molecule has 1 aromatic heterocycles. The second kappa shape index (κ2) is 7.72. The Balaban J connectivity index is 1.25. The first kappa shape index (κ1) is 18.0. The summed E-state index contributed by atoms with van der Waals surface area (Å²) in [7, 11) is 0. The molecular weight excluding hydrogens is 340 g/mol. The van der Waals surface area contributed by atoms with Gasteiger partial charge in [0.2, 0.25) is 11.8 Å². The lowest BCUT2D eigenvalue weighted by molar-refractivity contribution is -0.134. The first-order valence-corrected chi connectivity index (χ1v) is 9.98. The SMILES string of the molecule is CC(C(=O)NC1CC1)N1CCN(C(=O)CCn2ccc3ccccc32)CC1. The topological polar surface area (TPSA) is 57.6 Å². The van der Waals surface area contributed by atoms with E-state index in [1.807, 2.05) is 24.0 Å². The van der Waals surface area contributed by atoms with Crippen molar-refractivity contribution in [3.63, 3.8) is 0 Å². The standard InChI is InChI=1S/C21H28N4O2/c1-16(21(27)22-18-6-7-18)23-12-14-25(15-13-23)20(26)9-11-24-10-8-17-4-2-3-5-19(17)24/h2-5,8,10,16,18H,6-7,9,11-15H2,1H3,(H,22,27). The van der Waals surface area contributed by atoms with Gasteiger partial charge in [0.25, 0.3) is 0 Å². The second-order valence-corrected chi connectivity index (χ2v) is 7.69. The lowest BCUT2D eigenvalue weighted by Gasteiger charge is -2.37. The van der Waals surface area contributed by atoms with E-state index in [0.29, 0.717) is 32.1 Å². The molecule has 1 aliphatic heterocycles. The molecule has 0 bridgehead atoms. The number of piperazine rings is 1. The summed E-state index contributed by atoms with van der Waals surface area (Å²) in [6.07, 6.45) is 4.78. The summed E-state index contributed by atoms with van der Waals surface area (Å²) in [4.78, 5) is 28.9. The van der Waals surface area contributed by atoms with Crippen LogP contribution in [0.25, 0.3) is 10.9 Å². The van der Waals surface area contributed by atoms with Crippen LogP contribution in [0.15, 0.2) is 36.5 Å². The van der Waals surface area contributed by atoms with Gasteiger partial charge < -0.3 is 14.8 Å². The molecule has 6 heteroatoms. The van der Waals surface area contributed by atoms with E-state index in [-0.39, 0.29) is 17.9 Å². The lowest BCUT2D eigenvalue weighted by Crippen LogP contribution is -2.55. The van der Waals surface area contributed by atoms with Crippen LogP contribution in [0.3, 0.4) is 0 Å². The number of carbonyl (C=O) groups is 2. The van der Waals surface area contributed by atoms with Crippen molar-refractivity contribution in [3.8, 4) is 0 Å². The molecule has 2 aromatic rings. The van der Waals surface area contributed by atoms with Crippen LogP contribution in [0.1, 0.15) is 26.2 Å². The minimum absolute atomic E-state index is 0.117. The molecule has 2 fully saturated rings. The van der Waals surface area contributed by atoms with E-state index >= 15 is 0 Å². The number of amides is 2. The van der Waals surface area contributed by atoms with Crippen LogP contribution in [-0.4, -0.2) is 64.4 Å². The van der Waals surface area contributed by atoms with E-state index < -0.39 is 0 Å². The van der Waals surface area contributed by atoms with Crippen LogP contribution in [-0.2, 0) is 16.1 Å². The normalized spacial score (nSPS) is 19.2. The molecule has 1 unspecified atom stereocenters. The molecule has 2 heterocycles. The molecule has 144 valence electrons. The fraction of sp³-hybridized carbons (Fsp3) is 0.524. The van der Waals surface area contributed by atoms with Crippen molar-refractivity contribution in [2.45, 2.75) is 44.8 Å². The molecular formula is C21H28N4O2. The van der Waals surface area contributed by atoms with Crippen LogP contribution in [0.5, 0.6) is 0 Å². The number of nitrogens with zero attached hydrogens (tertiary/aromatic N) is 3. The molecule has 4 rings (SSSR count). The Labute approximate surface area is 160 Å². The Morgan fingerprint density at radius 3 is 2.59 bits per heavy atom. The quantitative estimate of drug-likeness (QED) is 0.847. The average Bonchev–Trinajstić information content (AvgIpc) is 3.42. The number of hydrogen-bond donors (Lipinski definition) is 1. The minimum Gasteiger partial charge on any atom is -0.352 e. The lowest BCUT2D eigenvalue weighted by atomic mass is 10.2. The average molecular weight is 368 g/mol. The number of benzene rings is 1. The number of rotatable bonds is 6. The van der Waals surface area contributed by atoms with E-state index in [0.717, 1.165) is 25.9 Å². The van der Waals surface area contributed by atoms with Crippen molar-refractivity contribution in [1.82, 2.24) is 19.7 Å². The third kappa shape index (κ3) is 4.16. The third-order valence-electron chi connectivity index (χ3n) is 5.76. The van der Waals surface area contributed by atoms with Crippen LogP contribution >= 0.6 is 0 Å². The maximum atomic E-state index is 12.6. The van der Waals surface area contributed by atoms with Gasteiger partial charge in [0.05, 0.1) is 6.04 Å². The number of hydrogen-bond acceptors (Lipinski definition) is 3. The van der Waals surface area contributed by atoms with Gasteiger partial charge in [-0.2, -0.15) is 0 Å². The highest BCUT2D eigenvalue weighted by Crippen LogP contribution is 2.19. The molecule has 1 aromatic carbocycles. The molecule has 27 heavy (non-hydrogen) atoms.